The first-order valence-corrected chi connectivity index (χ1v) is 11.1. The summed E-state index contributed by atoms with van der Waals surface area (Å²) in [5, 5.41) is 15.2. The fourth-order valence-electron chi connectivity index (χ4n) is 3.68. The molecule has 35 heavy (non-hydrogen) atoms. The molecule has 0 bridgehead atoms. The Hall–Kier alpha value is -4.08. The number of piperazine rings is 1. The van der Waals surface area contributed by atoms with E-state index < -0.39 is 6.03 Å². The van der Waals surface area contributed by atoms with Crippen LogP contribution in [0.3, 0.4) is 0 Å². The molecule has 0 spiro atoms. The van der Waals surface area contributed by atoms with E-state index in [1.807, 2.05) is 11.9 Å². The monoisotopic (exact) mass is 478 g/mol. The van der Waals surface area contributed by atoms with Gasteiger partial charge in [-0.2, -0.15) is 5.26 Å². The summed E-state index contributed by atoms with van der Waals surface area (Å²) in [7, 11) is 3.40. The van der Waals surface area contributed by atoms with Gasteiger partial charge in [-0.15, -0.1) is 0 Å². The Labute approximate surface area is 202 Å². The maximum atomic E-state index is 12.8. The largest absolute Gasteiger partial charge is 0.377 e. The standard InChI is InChI=1S/C23H26N8O4/c1-29-5-6-31(22(33)11-29)10-15-3-4-21(27-19(15)12-32)30(2)23(34)28-20-7-18(16(8-24)9-25-20)26-17-13-35-14-17/h3-4,7,9,12,17H,5-6,10-11,13-14H2,1-2H3,(H2,25,26,28,34). The van der Waals surface area contributed by atoms with E-state index in [4.69, 9.17) is 4.74 Å². The summed E-state index contributed by atoms with van der Waals surface area (Å²) in [6, 6.07) is 6.56. The zero-order chi connectivity index (χ0) is 24.9. The Morgan fingerprint density at radius 2 is 2.17 bits per heavy atom. The van der Waals surface area contributed by atoms with Crippen molar-refractivity contribution < 1.29 is 19.1 Å². The molecule has 2 aliphatic rings. The third-order valence-electron chi connectivity index (χ3n) is 5.89. The van der Waals surface area contributed by atoms with Gasteiger partial charge in [0, 0.05) is 44.5 Å². The quantitative estimate of drug-likeness (QED) is 0.555. The highest BCUT2D eigenvalue weighted by Gasteiger charge is 2.24. The minimum atomic E-state index is -0.522. The number of urea groups is 1. The van der Waals surface area contributed by atoms with Crippen molar-refractivity contribution in [3.63, 3.8) is 0 Å². The number of hydrogen-bond donors (Lipinski definition) is 2. The molecular formula is C23H26N8O4. The van der Waals surface area contributed by atoms with Crippen molar-refractivity contribution in [1.29, 1.82) is 5.26 Å². The fourth-order valence-corrected chi connectivity index (χ4v) is 3.68. The van der Waals surface area contributed by atoms with E-state index in [9.17, 15) is 19.6 Å². The van der Waals surface area contributed by atoms with Crippen molar-refractivity contribution in [3.05, 3.63) is 41.2 Å². The third kappa shape index (κ3) is 5.53. The van der Waals surface area contributed by atoms with E-state index in [2.05, 4.69) is 26.7 Å². The predicted molar refractivity (Wildman–Crippen MR) is 127 cm³/mol. The highest BCUT2D eigenvalue weighted by molar-refractivity contribution is 6.00. The SMILES string of the molecule is CN1CCN(Cc2ccc(N(C)C(=O)Nc3cc(NC4COC4)c(C#N)cn3)nc2C=O)C(=O)C1. The summed E-state index contributed by atoms with van der Waals surface area (Å²) in [6.07, 6.45) is 2.00. The molecule has 2 aromatic rings. The van der Waals surface area contributed by atoms with E-state index in [0.29, 0.717) is 49.4 Å². The van der Waals surface area contributed by atoms with Crippen molar-refractivity contribution in [1.82, 2.24) is 19.8 Å². The molecule has 0 radical (unpaired) electrons. The van der Waals surface area contributed by atoms with Crippen LogP contribution >= 0.6 is 0 Å². The number of ether oxygens (including phenoxy) is 1. The molecule has 2 aliphatic heterocycles. The van der Waals surface area contributed by atoms with Gasteiger partial charge < -0.3 is 15.0 Å². The van der Waals surface area contributed by atoms with Gasteiger partial charge in [-0.1, -0.05) is 6.07 Å². The van der Waals surface area contributed by atoms with Crippen LogP contribution in [0, 0.1) is 11.3 Å². The Bertz CT molecular complexity index is 1180. The Morgan fingerprint density at radius 3 is 2.83 bits per heavy atom. The highest BCUT2D eigenvalue weighted by atomic mass is 16.5. The average molecular weight is 479 g/mol. The maximum absolute atomic E-state index is 12.8. The smallest absolute Gasteiger partial charge is 0.328 e. The van der Waals surface area contributed by atoms with Crippen LogP contribution in [0.1, 0.15) is 21.6 Å². The van der Waals surface area contributed by atoms with Gasteiger partial charge >= 0.3 is 6.03 Å². The van der Waals surface area contributed by atoms with Crippen LogP contribution in [0.5, 0.6) is 0 Å². The molecule has 12 heteroatoms. The first-order chi connectivity index (χ1) is 16.9. The lowest BCUT2D eigenvalue weighted by molar-refractivity contribution is -0.136. The molecule has 0 aromatic carbocycles. The van der Waals surface area contributed by atoms with Crippen molar-refractivity contribution in [2.24, 2.45) is 0 Å². The van der Waals surface area contributed by atoms with Gasteiger partial charge in [-0.3, -0.25) is 24.7 Å². The second kappa shape index (κ2) is 10.5. The predicted octanol–water partition coefficient (Wildman–Crippen LogP) is 0.914. The lowest BCUT2D eigenvalue weighted by atomic mass is 10.1. The molecule has 2 aromatic heterocycles. The van der Waals surface area contributed by atoms with E-state index >= 15 is 0 Å². The molecule has 4 heterocycles. The van der Waals surface area contributed by atoms with E-state index in [1.165, 1.54) is 18.1 Å². The fraction of sp³-hybridized carbons (Fsp3) is 0.391. The van der Waals surface area contributed by atoms with Crippen molar-refractivity contribution >= 4 is 35.5 Å². The number of anilines is 3. The number of amides is 3. The molecule has 4 rings (SSSR count). The normalized spacial score (nSPS) is 16.3. The number of aromatic nitrogens is 2. The summed E-state index contributed by atoms with van der Waals surface area (Å²) in [5.41, 5.74) is 1.69. The van der Waals surface area contributed by atoms with Crippen LogP contribution in [0.15, 0.2) is 24.4 Å². The van der Waals surface area contributed by atoms with Crippen LogP contribution in [0.2, 0.25) is 0 Å². The van der Waals surface area contributed by atoms with E-state index in [-0.39, 0.29) is 35.8 Å². The average Bonchev–Trinajstić information content (AvgIpc) is 2.83. The molecule has 182 valence electrons. The van der Waals surface area contributed by atoms with Crippen LogP contribution in [0.25, 0.3) is 0 Å². The van der Waals surface area contributed by atoms with Gasteiger partial charge in [0.1, 0.15) is 23.4 Å². The molecule has 2 N–H and O–H groups in total. The number of likely N-dealkylation sites (N-methyl/N-ethyl adjacent to an activating group) is 1. The minimum absolute atomic E-state index is 0.00946. The molecule has 0 saturated carbocycles. The number of carbonyl (C=O) groups is 3. The van der Waals surface area contributed by atoms with Crippen LogP contribution in [0.4, 0.5) is 22.1 Å². The van der Waals surface area contributed by atoms with Gasteiger partial charge in [0.05, 0.1) is 37.1 Å². The third-order valence-corrected chi connectivity index (χ3v) is 5.89. The number of nitrogens with zero attached hydrogens (tertiary/aromatic N) is 6. The number of nitrogens with one attached hydrogen (secondary N) is 2. The molecule has 0 aliphatic carbocycles. The number of pyridine rings is 2. The van der Waals surface area contributed by atoms with Crippen molar-refractivity contribution in [2.45, 2.75) is 12.6 Å². The van der Waals surface area contributed by atoms with Gasteiger partial charge in [0.15, 0.2) is 6.29 Å². The van der Waals surface area contributed by atoms with Gasteiger partial charge in [-0.05, 0) is 13.1 Å². The molecule has 3 amide bonds. The van der Waals surface area contributed by atoms with Crippen LogP contribution < -0.4 is 15.5 Å². The summed E-state index contributed by atoms with van der Waals surface area (Å²) < 4.78 is 5.14. The lowest BCUT2D eigenvalue weighted by Crippen LogP contribution is -2.48. The second-order valence-electron chi connectivity index (χ2n) is 8.48. The maximum Gasteiger partial charge on any atom is 0.328 e. The number of rotatable bonds is 7. The molecule has 0 unspecified atom stereocenters. The van der Waals surface area contributed by atoms with Crippen molar-refractivity contribution in [2.75, 3.05) is 62.5 Å². The topological polar surface area (TPSA) is 144 Å². The number of nitriles is 1. The first kappa shape index (κ1) is 24.1. The van der Waals surface area contributed by atoms with E-state index in [1.54, 1.807) is 23.1 Å². The van der Waals surface area contributed by atoms with Gasteiger partial charge in [-0.25, -0.2) is 14.8 Å². The highest BCUT2D eigenvalue weighted by Crippen LogP contribution is 2.22. The summed E-state index contributed by atoms with van der Waals surface area (Å²) in [4.78, 5) is 50.1. The summed E-state index contributed by atoms with van der Waals surface area (Å²) in [6.45, 7) is 3.02. The van der Waals surface area contributed by atoms with Crippen molar-refractivity contribution in [3.8, 4) is 6.07 Å². The Kier molecular flexibility index (Phi) is 7.19. The molecule has 12 nitrogen and oxygen atoms in total. The lowest BCUT2D eigenvalue weighted by Gasteiger charge is -2.32. The molecular weight excluding hydrogens is 452 g/mol. The van der Waals surface area contributed by atoms with E-state index in [0.717, 1.165) is 6.54 Å². The summed E-state index contributed by atoms with van der Waals surface area (Å²) >= 11 is 0. The number of carbonyl (C=O) groups excluding carboxylic acids is 3. The zero-order valence-electron chi connectivity index (χ0n) is 19.5. The number of aldehydes is 1. The van der Waals surface area contributed by atoms with Crippen LogP contribution in [-0.4, -0.2) is 91.0 Å². The summed E-state index contributed by atoms with van der Waals surface area (Å²) in [5.74, 6) is 0.505. The number of hydrogen-bond acceptors (Lipinski definition) is 9. The second-order valence-corrected chi connectivity index (χ2v) is 8.48. The van der Waals surface area contributed by atoms with Crippen LogP contribution in [-0.2, 0) is 16.1 Å². The molecule has 2 saturated heterocycles. The van der Waals surface area contributed by atoms with Gasteiger partial charge in [0.2, 0.25) is 5.91 Å². The zero-order valence-corrected chi connectivity index (χ0v) is 19.5. The first-order valence-electron chi connectivity index (χ1n) is 11.1. The molecule has 2 fully saturated rings. The van der Waals surface area contributed by atoms with Gasteiger partial charge in [0.25, 0.3) is 0 Å². The molecule has 0 atom stereocenters. The Balaban J connectivity index is 1.45. The minimum Gasteiger partial charge on any atom is -0.377 e. The Morgan fingerprint density at radius 1 is 1.37 bits per heavy atom.